The minimum Gasteiger partial charge on any atom is -0.494 e. The van der Waals surface area contributed by atoms with Crippen LogP contribution in [-0.4, -0.2) is 21.6 Å². The summed E-state index contributed by atoms with van der Waals surface area (Å²) in [6.07, 6.45) is 10.2. The Balaban J connectivity index is 1.62. The lowest BCUT2D eigenvalue weighted by atomic mass is 9.93. The van der Waals surface area contributed by atoms with Crippen molar-refractivity contribution in [2.45, 2.75) is 86.1 Å². The molecule has 4 heteroatoms. The topological polar surface area (TPSA) is 39.9 Å². The Morgan fingerprint density at radius 2 is 1.69 bits per heavy atom. The second-order valence-corrected chi connectivity index (χ2v) is 9.40. The molecule has 0 amide bonds. The Hall–Kier alpha value is -1.84. The zero-order valence-corrected chi connectivity index (χ0v) is 19.2. The van der Waals surface area contributed by atoms with Crippen LogP contribution < -0.4 is 4.74 Å². The molecular weight excluding hydrogens is 358 g/mol. The summed E-state index contributed by atoms with van der Waals surface area (Å²) in [5.74, 6) is 3.23. The first-order valence-corrected chi connectivity index (χ1v) is 11.5. The fraction of sp³-hybridized carbons (Fsp3) is 0.680. The first kappa shape index (κ1) is 23.4. The van der Waals surface area contributed by atoms with E-state index in [0.29, 0.717) is 6.61 Å². The van der Waals surface area contributed by atoms with E-state index in [1.54, 1.807) is 0 Å². The smallest absolute Gasteiger partial charge is 0.119 e. The molecule has 29 heavy (non-hydrogen) atoms. The normalized spacial score (nSPS) is 12.7. The van der Waals surface area contributed by atoms with Crippen LogP contribution in [0.4, 0.5) is 0 Å². The fourth-order valence-corrected chi connectivity index (χ4v) is 3.85. The first-order valence-electron chi connectivity index (χ1n) is 11.5. The molecule has 0 N–H and O–H groups in total. The van der Waals surface area contributed by atoms with Gasteiger partial charge in [0, 0.05) is 19.2 Å². The van der Waals surface area contributed by atoms with Gasteiger partial charge in [-0.15, -0.1) is 5.10 Å². The van der Waals surface area contributed by atoms with Gasteiger partial charge >= 0.3 is 0 Å². The van der Waals surface area contributed by atoms with Gasteiger partial charge in [-0.3, -0.25) is 4.68 Å². The second kappa shape index (κ2) is 12.7. The minimum absolute atomic E-state index is 0.701. The van der Waals surface area contributed by atoms with Gasteiger partial charge in [-0.2, -0.15) is 0 Å². The molecule has 2 aromatic rings. The van der Waals surface area contributed by atoms with Crippen molar-refractivity contribution in [2.24, 2.45) is 17.8 Å². The lowest BCUT2D eigenvalue weighted by Gasteiger charge is -2.14. The Morgan fingerprint density at radius 3 is 2.38 bits per heavy atom. The Bertz CT molecular complexity index is 676. The molecule has 1 aromatic carbocycles. The van der Waals surface area contributed by atoms with Gasteiger partial charge in [-0.05, 0) is 61.1 Å². The summed E-state index contributed by atoms with van der Waals surface area (Å²) < 4.78 is 7.84. The number of benzene rings is 1. The number of aromatic nitrogens is 3. The van der Waals surface area contributed by atoms with Gasteiger partial charge in [-0.1, -0.05) is 64.8 Å². The molecule has 0 bridgehead atoms. The lowest BCUT2D eigenvalue weighted by molar-refractivity contribution is 0.298. The predicted molar refractivity (Wildman–Crippen MR) is 121 cm³/mol. The summed E-state index contributed by atoms with van der Waals surface area (Å²) in [6, 6.07) is 8.61. The van der Waals surface area contributed by atoms with Gasteiger partial charge in [0.15, 0.2) is 0 Å². The molecule has 0 unspecified atom stereocenters. The number of aryl methyl sites for hydroxylation is 2. The van der Waals surface area contributed by atoms with E-state index in [0.717, 1.165) is 55.0 Å². The Labute approximate surface area is 178 Å². The average Bonchev–Trinajstić information content (AvgIpc) is 3.10. The molecule has 0 aliphatic heterocycles. The molecule has 0 radical (unpaired) electrons. The van der Waals surface area contributed by atoms with E-state index in [9.17, 15) is 0 Å². The predicted octanol–water partition coefficient (Wildman–Crippen LogP) is 6.34. The highest BCUT2D eigenvalue weighted by Gasteiger charge is 2.07. The summed E-state index contributed by atoms with van der Waals surface area (Å²) in [7, 11) is 0. The minimum atomic E-state index is 0.701. The van der Waals surface area contributed by atoms with Crippen molar-refractivity contribution in [1.82, 2.24) is 15.0 Å². The molecule has 162 valence electrons. The van der Waals surface area contributed by atoms with Crippen molar-refractivity contribution in [3.63, 3.8) is 0 Å². The first-order chi connectivity index (χ1) is 13.9. The fourth-order valence-electron chi connectivity index (χ4n) is 3.85. The van der Waals surface area contributed by atoms with Crippen LogP contribution in [0, 0.1) is 17.8 Å². The van der Waals surface area contributed by atoms with E-state index >= 15 is 0 Å². The molecule has 1 aromatic heterocycles. The zero-order valence-electron chi connectivity index (χ0n) is 19.2. The average molecular weight is 400 g/mol. The maximum absolute atomic E-state index is 5.90. The third-order valence-corrected chi connectivity index (χ3v) is 5.23. The molecule has 0 fully saturated rings. The van der Waals surface area contributed by atoms with Crippen LogP contribution >= 0.6 is 0 Å². The van der Waals surface area contributed by atoms with E-state index in [2.05, 4.69) is 75.4 Å². The van der Waals surface area contributed by atoms with Crippen LogP contribution in [-0.2, 0) is 19.4 Å². The molecule has 0 aliphatic rings. The van der Waals surface area contributed by atoms with E-state index in [1.165, 1.54) is 31.2 Å². The third-order valence-electron chi connectivity index (χ3n) is 5.23. The third kappa shape index (κ3) is 9.96. The summed E-state index contributed by atoms with van der Waals surface area (Å²) in [5, 5.41) is 8.54. The summed E-state index contributed by atoms with van der Waals surface area (Å²) in [4.78, 5) is 0. The van der Waals surface area contributed by atoms with Crippen molar-refractivity contribution < 1.29 is 4.74 Å². The van der Waals surface area contributed by atoms with Gasteiger partial charge in [0.25, 0.3) is 0 Å². The van der Waals surface area contributed by atoms with Gasteiger partial charge in [0.2, 0.25) is 0 Å². The largest absolute Gasteiger partial charge is 0.494 e. The molecule has 1 heterocycles. The van der Waals surface area contributed by atoms with Crippen molar-refractivity contribution >= 4 is 0 Å². The summed E-state index contributed by atoms with van der Waals surface area (Å²) >= 11 is 0. The molecule has 0 saturated heterocycles. The molecule has 1 atom stereocenters. The highest BCUT2D eigenvalue weighted by molar-refractivity contribution is 5.27. The second-order valence-electron chi connectivity index (χ2n) is 9.40. The molecule has 0 saturated carbocycles. The number of ether oxygens (including phenoxy) is 1. The van der Waals surface area contributed by atoms with E-state index in [4.69, 9.17) is 4.74 Å². The maximum atomic E-state index is 5.90. The van der Waals surface area contributed by atoms with Crippen molar-refractivity contribution in [3.8, 4) is 5.75 Å². The van der Waals surface area contributed by atoms with Crippen molar-refractivity contribution in [3.05, 3.63) is 41.7 Å². The molecule has 0 aliphatic carbocycles. The van der Waals surface area contributed by atoms with Gasteiger partial charge in [0.1, 0.15) is 5.75 Å². The Kier molecular flexibility index (Phi) is 10.2. The summed E-state index contributed by atoms with van der Waals surface area (Å²) in [6.45, 7) is 13.0. The highest BCUT2D eigenvalue weighted by Crippen LogP contribution is 2.19. The quantitative estimate of drug-likeness (QED) is 0.348. The molecule has 2 rings (SSSR count). The van der Waals surface area contributed by atoms with Crippen LogP contribution in [0.15, 0.2) is 30.5 Å². The summed E-state index contributed by atoms with van der Waals surface area (Å²) in [5.41, 5.74) is 2.51. The van der Waals surface area contributed by atoms with Crippen LogP contribution in [0.25, 0.3) is 0 Å². The van der Waals surface area contributed by atoms with Crippen LogP contribution in [0.3, 0.4) is 0 Å². The highest BCUT2D eigenvalue weighted by atomic mass is 16.5. The lowest BCUT2D eigenvalue weighted by Crippen LogP contribution is -2.06. The Morgan fingerprint density at radius 1 is 0.931 bits per heavy atom. The molecular formula is C25H41N3O. The number of hydrogen-bond donors (Lipinski definition) is 0. The van der Waals surface area contributed by atoms with Crippen LogP contribution in [0.1, 0.15) is 78.0 Å². The standard InChI is InChI=1S/C25H41N3O/c1-20(2)9-6-7-10-24-19-28(27-26-24)15-8-16-29-25-13-11-23(12-14-25)18-22(5)17-21(3)4/h11-14,19-22H,6-10,15-18H2,1-5H3/t22-/m0/s1. The van der Waals surface area contributed by atoms with Crippen molar-refractivity contribution in [2.75, 3.05) is 6.61 Å². The van der Waals surface area contributed by atoms with E-state index in [-0.39, 0.29) is 0 Å². The number of nitrogens with zero attached hydrogens (tertiary/aromatic N) is 3. The van der Waals surface area contributed by atoms with E-state index in [1.807, 2.05) is 4.68 Å². The molecule has 0 spiro atoms. The van der Waals surface area contributed by atoms with Crippen molar-refractivity contribution in [1.29, 1.82) is 0 Å². The number of hydrogen-bond acceptors (Lipinski definition) is 3. The molecule has 4 nitrogen and oxygen atoms in total. The van der Waals surface area contributed by atoms with Gasteiger partial charge < -0.3 is 4.74 Å². The number of rotatable bonds is 14. The van der Waals surface area contributed by atoms with Crippen LogP contribution in [0.2, 0.25) is 0 Å². The van der Waals surface area contributed by atoms with Gasteiger partial charge in [-0.25, -0.2) is 0 Å². The van der Waals surface area contributed by atoms with E-state index < -0.39 is 0 Å². The number of unbranched alkanes of at least 4 members (excludes halogenated alkanes) is 1. The SMILES string of the molecule is CC(C)CCCCc1cn(CCCOc2ccc(C[C@@H](C)CC(C)C)cc2)nn1. The van der Waals surface area contributed by atoms with Gasteiger partial charge in [0.05, 0.1) is 12.3 Å². The zero-order chi connectivity index (χ0) is 21.1. The van der Waals surface area contributed by atoms with Crippen LogP contribution in [0.5, 0.6) is 5.75 Å². The maximum Gasteiger partial charge on any atom is 0.119 e. The monoisotopic (exact) mass is 399 g/mol.